The predicted molar refractivity (Wildman–Crippen MR) is 127 cm³/mol. The van der Waals surface area contributed by atoms with Crippen LogP contribution in [-0.4, -0.2) is 60.5 Å². The second-order valence-corrected chi connectivity index (χ2v) is 9.58. The normalized spacial score (nSPS) is 19.3. The topological polar surface area (TPSA) is 49.9 Å². The van der Waals surface area contributed by atoms with Crippen molar-refractivity contribution in [3.05, 3.63) is 70.6 Å². The maximum absolute atomic E-state index is 13.5. The summed E-state index contributed by atoms with van der Waals surface area (Å²) in [6.45, 7) is 3.22. The highest BCUT2D eigenvalue weighted by Gasteiger charge is 2.31. The maximum Gasteiger partial charge on any atom is 0.264 e. The van der Waals surface area contributed by atoms with Crippen molar-refractivity contribution < 1.29 is 14.3 Å². The Hall–Kier alpha value is -2.70. The molecule has 3 heterocycles. The third kappa shape index (κ3) is 4.17. The van der Waals surface area contributed by atoms with Crippen molar-refractivity contribution in [1.82, 2.24) is 9.80 Å². The van der Waals surface area contributed by atoms with Gasteiger partial charge in [-0.3, -0.25) is 9.59 Å². The van der Waals surface area contributed by atoms with E-state index in [9.17, 15) is 9.59 Å². The number of rotatable bonds is 4. The first-order chi connectivity index (χ1) is 15.7. The summed E-state index contributed by atoms with van der Waals surface area (Å²) in [7, 11) is 0. The van der Waals surface area contributed by atoms with Gasteiger partial charge in [0.1, 0.15) is 0 Å². The average molecular weight is 449 g/mol. The largest absolute Gasteiger partial charge is 0.378 e. The quantitative estimate of drug-likeness (QED) is 0.586. The molecule has 3 aromatic rings. The van der Waals surface area contributed by atoms with Crippen LogP contribution in [0.4, 0.5) is 0 Å². The maximum atomic E-state index is 13.5. The Morgan fingerprint density at radius 3 is 2.47 bits per heavy atom. The minimum absolute atomic E-state index is 0.0934. The molecule has 2 aliphatic heterocycles. The fourth-order valence-electron chi connectivity index (χ4n) is 4.85. The zero-order chi connectivity index (χ0) is 21.9. The van der Waals surface area contributed by atoms with E-state index in [0.717, 1.165) is 51.9 Å². The monoisotopic (exact) mass is 448 g/mol. The lowest BCUT2D eigenvalue weighted by molar-refractivity contribution is 0.0305. The molecule has 0 saturated carbocycles. The number of hydrogen-bond donors (Lipinski definition) is 0. The molecule has 2 aliphatic rings. The van der Waals surface area contributed by atoms with E-state index in [-0.39, 0.29) is 17.9 Å². The molecule has 1 unspecified atom stereocenters. The molecule has 32 heavy (non-hydrogen) atoms. The van der Waals surface area contributed by atoms with Crippen LogP contribution in [0.25, 0.3) is 10.1 Å². The molecule has 1 aromatic heterocycles. The van der Waals surface area contributed by atoms with Crippen LogP contribution in [0.5, 0.6) is 0 Å². The van der Waals surface area contributed by atoms with Crippen LogP contribution in [0.15, 0.2) is 54.6 Å². The van der Waals surface area contributed by atoms with Gasteiger partial charge in [0.15, 0.2) is 0 Å². The molecule has 0 N–H and O–H groups in total. The summed E-state index contributed by atoms with van der Waals surface area (Å²) in [6, 6.07) is 17.9. The standard InChI is InChI=1S/C26H28N2O3S/c29-25(19-8-2-1-3-9-19)28-13-7-6-10-20(28)18-22-21-11-4-5-12-23(21)32-24(22)26(30)27-14-16-31-17-15-27/h1-5,8-9,11-12,20H,6-7,10,13-18H2. The van der Waals surface area contributed by atoms with Crippen molar-refractivity contribution in [2.24, 2.45) is 0 Å². The number of carbonyl (C=O) groups excluding carboxylic acids is 2. The number of nitrogens with zero attached hydrogens (tertiary/aromatic N) is 2. The second-order valence-electron chi connectivity index (χ2n) is 8.53. The summed E-state index contributed by atoms with van der Waals surface area (Å²) in [6.07, 6.45) is 3.82. The summed E-state index contributed by atoms with van der Waals surface area (Å²) >= 11 is 1.58. The lowest BCUT2D eigenvalue weighted by atomic mass is 9.93. The highest BCUT2D eigenvalue weighted by atomic mass is 32.1. The molecular weight excluding hydrogens is 420 g/mol. The molecular formula is C26H28N2O3S. The van der Waals surface area contributed by atoms with Crippen molar-refractivity contribution in [3.63, 3.8) is 0 Å². The number of hydrogen-bond acceptors (Lipinski definition) is 4. The summed E-state index contributed by atoms with van der Waals surface area (Å²) in [5.74, 6) is 0.192. The Labute approximate surface area is 192 Å². The average Bonchev–Trinajstić information content (AvgIpc) is 3.23. The number of piperidine rings is 1. The van der Waals surface area contributed by atoms with Crippen LogP contribution >= 0.6 is 11.3 Å². The molecule has 2 fully saturated rings. The summed E-state index contributed by atoms with van der Waals surface area (Å²) < 4.78 is 6.58. The van der Waals surface area contributed by atoms with E-state index in [1.165, 1.54) is 0 Å². The van der Waals surface area contributed by atoms with Crippen molar-refractivity contribution in [2.75, 3.05) is 32.8 Å². The summed E-state index contributed by atoms with van der Waals surface area (Å²) in [5.41, 5.74) is 1.83. The Kier molecular flexibility index (Phi) is 6.23. The van der Waals surface area contributed by atoms with Crippen LogP contribution in [-0.2, 0) is 11.2 Å². The molecule has 2 aromatic carbocycles. The van der Waals surface area contributed by atoms with Gasteiger partial charge in [0.2, 0.25) is 0 Å². The highest BCUT2D eigenvalue weighted by Crippen LogP contribution is 2.35. The number of likely N-dealkylation sites (tertiary alicyclic amines) is 1. The first kappa shape index (κ1) is 21.2. The van der Waals surface area contributed by atoms with Gasteiger partial charge < -0.3 is 14.5 Å². The number of fused-ring (bicyclic) bond motifs is 1. The highest BCUT2D eigenvalue weighted by molar-refractivity contribution is 7.21. The molecule has 0 radical (unpaired) electrons. The van der Waals surface area contributed by atoms with E-state index in [4.69, 9.17) is 4.74 Å². The Morgan fingerprint density at radius 1 is 0.906 bits per heavy atom. The number of morpholine rings is 1. The molecule has 5 nitrogen and oxygen atoms in total. The third-order valence-electron chi connectivity index (χ3n) is 6.54. The van der Waals surface area contributed by atoms with Gasteiger partial charge in [0.25, 0.3) is 11.8 Å². The second kappa shape index (κ2) is 9.43. The van der Waals surface area contributed by atoms with Gasteiger partial charge in [-0.05, 0) is 54.8 Å². The predicted octanol–water partition coefficient (Wildman–Crippen LogP) is 4.61. The third-order valence-corrected chi connectivity index (χ3v) is 7.74. The van der Waals surface area contributed by atoms with Crippen LogP contribution < -0.4 is 0 Å². The van der Waals surface area contributed by atoms with Gasteiger partial charge in [-0.1, -0.05) is 36.4 Å². The van der Waals surface area contributed by atoms with Gasteiger partial charge in [-0.25, -0.2) is 0 Å². The molecule has 0 bridgehead atoms. The zero-order valence-electron chi connectivity index (χ0n) is 18.2. The van der Waals surface area contributed by atoms with Crippen molar-refractivity contribution in [3.8, 4) is 0 Å². The van der Waals surface area contributed by atoms with E-state index in [2.05, 4.69) is 12.1 Å². The molecule has 2 amide bonds. The van der Waals surface area contributed by atoms with E-state index in [1.54, 1.807) is 11.3 Å². The van der Waals surface area contributed by atoms with E-state index in [1.807, 2.05) is 52.3 Å². The van der Waals surface area contributed by atoms with Gasteiger partial charge >= 0.3 is 0 Å². The van der Waals surface area contributed by atoms with Crippen LogP contribution in [0, 0.1) is 0 Å². The molecule has 1 atom stereocenters. The number of carbonyl (C=O) groups is 2. The molecule has 166 valence electrons. The van der Waals surface area contributed by atoms with Crippen molar-refractivity contribution in [2.45, 2.75) is 31.7 Å². The minimum atomic E-state index is 0.0934. The van der Waals surface area contributed by atoms with Gasteiger partial charge in [-0.15, -0.1) is 11.3 Å². The van der Waals surface area contributed by atoms with Crippen molar-refractivity contribution in [1.29, 1.82) is 0 Å². The minimum Gasteiger partial charge on any atom is -0.378 e. The number of amides is 2. The van der Waals surface area contributed by atoms with Gasteiger partial charge in [0, 0.05) is 35.9 Å². The molecule has 5 rings (SSSR count). The van der Waals surface area contributed by atoms with Crippen molar-refractivity contribution >= 4 is 33.2 Å². The lowest BCUT2D eigenvalue weighted by Gasteiger charge is -2.36. The number of benzene rings is 2. The van der Waals surface area contributed by atoms with Crippen LogP contribution in [0.1, 0.15) is 44.9 Å². The van der Waals surface area contributed by atoms with Gasteiger partial charge in [0.05, 0.1) is 18.1 Å². The summed E-state index contributed by atoms with van der Waals surface area (Å²) in [4.78, 5) is 31.5. The Morgan fingerprint density at radius 2 is 1.66 bits per heavy atom. The number of thiophene rings is 1. The molecule has 0 aliphatic carbocycles. The van der Waals surface area contributed by atoms with E-state index in [0.29, 0.717) is 32.7 Å². The Balaban J connectivity index is 1.48. The van der Waals surface area contributed by atoms with Crippen LogP contribution in [0.2, 0.25) is 0 Å². The fraction of sp³-hybridized carbons (Fsp3) is 0.385. The first-order valence-corrected chi connectivity index (χ1v) is 12.3. The summed E-state index contributed by atoms with van der Waals surface area (Å²) in [5, 5.41) is 1.15. The van der Waals surface area contributed by atoms with E-state index >= 15 is 0 Å². The molecule has 2 saturated heterocycles. The lowest BCUT2D eigenvalue weighted by Crippen LogP contribution is -2.45. The number of ether oxygens (including phenoxy) is 1. The van der Waals surface area contributed by atoms with Gasteiger partial charge in [-0.2, -0.15) is 0 Å². The SMILES string of the molecule is O=C(c1sc2ccccc2c1CC1CCCCN1C(=O)c1ccccc1)N1CCOCC1. The first-order valence-electron chi connectivity index (χ1n) is 11.5. The Bertz CT molecular complexity index is 1100. The fourth-order valence-corrected chi connectivity index (χ4v) is 6.05. The zero-order valence-corrected chi connectivity index (χ0v) is 19.0. The molecule has 6 heteroatoms. The molecule has 0 spiro atoms. The van der Waals surface area contributed by atoms with Crippen LogP contribution in [0.3, 0.4) is 0 Å². The smallest absolute Gasteiger partial charge is 0.264 e. The van der Waals surface area contributed by atoms with E-state index < -0.39 is 0 Å².